The summed E-state index contributed by atoms with van der Waals surface area (Å²) in [4.78, 5) is 0. The number of hydrogen-bond donors (Lipinski definition) is 0. The van der Waals surface area contributed by atoms with Gasteiger partial charge in [0.2, 0.25) is 0 Å². The van der Waals surface area contributed by atoms with Gasteiger partial charge in [-0.15, -0.1) is 5.92 Å². The Bertz CT molecular complexity index is 172. The molecule has 0 spiro atoms. The van der Waals surface area contributed by atoms with Crippen LogP contribution in [0, 0.1) is 30.1 Å². The van der Waals surface area contributed by atoms with Gasteiger partial charge in [0.05, 0.1) is 0 Å². The standard InChI is InChI=1S/C11H15/c1-4-7-8-10-11(6-3)9-5-2/h11H,4,6-7,9H2,1,3H3. The first kappa shape index (κ1) is 10.1. The maximum Gasteiger partial charge on any atom is 0.0309 e. The third kappa shape index (κ3) is 5.56. The van der Waals surface area contributed by atoms with Crippen LogP contribution in [0.1, 0.15) is 39.5 Å². The fourth-order valence-corrected chi connectivity index (χ4v) is 0.762. The summed E-state index contributed by atoms with van der Waals surface area (Å²) in [6, 6.07) is 0. The van der Waals surface area contributed by atoms with Crippen LogP contribution in [0.5, 0.6) is 0 Å². The SMILES string of the molecule is [C]#CCC(C#CCCC)CC. The van der Waals surface area contributed by atoms with Gasteiger partial charge in [-0.3, -0.25) is 0 Å². The van der Waals surface area contributed by atoms with Gasteiger partial charge in [0.1, 0.15) is 0 Å². The van der Waals surface area contributed by atoms with Gasteiger partial charge in [-0.25, -0.2) is 0 Å². The maximum absolute atomic E-state index is 6.80. The third-order valence-electron chi connectivity index (χ3n) is 1.52. The molecule has 0 aliphatic carbocycles. The molecule has 1 atom stereocenters. The van der Waals surface area contributed by atoms with Crippen LogP contribution in [0.3, 0.4) is 0 Å². The number of hydrogen-bond acceptors (Lipinski definition) is 0. The molecular formula is C11H15. The smallest absolute Gasteiger partial charge is 0.0309 e. The molecule has 0 bridgehead atoms. The largest absolute Gasteiger partial charge is 0.103 e. The van der Waals surface area contributed by atoms with Crippen molar-refractivity contribution in [2.24, 2.45) is 5.92 Å². The lowest BCUT2D eigenvalue weighted by Crippen LogP contribution is -1.91. The van der Waals surface area contributed by atoms with E-state index in [1.54, 1.807) is 0 Å². The molecule has 0 heterocycles. The van der Waals surface area contributed by atoms with Gasteiger partial charge in [0, 0.05) is 18.8 Å². The molecule has 0 aliphatic heterocycles. The predicted molar refractivity (Wildman–Crippen MR) is 48.2 cm³/mol. The van der Waals surface area contributed by atoms with Crippen molar-refractivity contribution in [3.63, 3.8) is 0 Å². The van der Waals surface area contributed by atoms with Crippen molar-refractivity contribution >= 4 is 0 Å². The van der Waals surface area contributed by atoms with Crippen molar-refractivity contribution in [2.75, 3.05) is 0 Å². The van der Waals surface area contributed by atoms with Crippen molar-refractivity contribution in [3.05, 3.63) is 6.42 Å². The summed E-state index contributed by atoms with van der Waals surface area (Å²) < 4.78 is 0. The molecule has 0 rings (SSSR count). The number of rotatable bonds is 3. The van der Waals surface area contributed by atoms with E-state index in [1.807, 2.05) is 0 Å². The van der Waals surface area contributed by atoms with Gasteiger partial charge < -0.3 is 0 Å². The number of unbranched alkanes of at least 4 members (excludes halogenated alkanes) is 1. The topological polar surface area (TPSA) is 0 Å². The van der Waals surface area contributed by atoms with Crippen LogP contribution in [-0.2, 0) is 0 Å². The van der Waals surface area contributed by atoms with Crippen molar-refractivity contribution in [1.29, 1.82) is 0 Å². The summed E-state index contributed by atoms with van der Waals surface area (Å²) in [6.45, 7) is 4.22. The molecule has 0 saturated heterocycles. The molecule has 0 N–H and O–H groups in total. The molecule has 0 nitrogen and oxygen atoms in total. The normalized spacial score (nSPS) is 11.0. The van der Waals surface area contributed by atoms with Crippen molar-refractivity contribution in [3.8, 4) is 17.8 Å². The molecule has 0 aliphatic rings. The molecule has 0 aromatic carbocycles. The minimum atomic E-state index is 0.360. The summed E-state index contributed by atoms with van der Waals surface area (Å²) in [5.74, 6) is 8.99. The highest BCUT2D eigenvalue weighted by Gasteiger charge is 1.97. The molecular weight excluding hydrogens is 132 g/mol. The Morgan fingerprint density at radius 3 is 2.55 bits per heavy atom. The first-order chi connectivity index (χ1) is 5.35. The summed E-state index contributed by atoms with van der Waals surface area (Å²) in [6.07, 6.45) is 10.6. The first-order valence-electron chi connectivity index (χ1n) is 4.23. The second-order valence-electron chi connectivity index (χ2n) is 2.56. The molecule has 0 aromatic rings. The molecule has 1 radical (unpaired) electrons. The van der Waals surface area contributed by atoms with Crippen LogP contribution in [0.4, 0.5) is 0 Å². The molecule has 0 saturated carbocycles. The average molecular weight is 147 g/mol. The Balaban J connectivity index is 3.71. The molecule has 59 valence electrons. The Morgan fingerprint density at radius 1 is 1.36 bits per heavy atom. The molecule has 0 fully saturated rings. The van der Waals surface area contributed by atoms with Crippen molar-refractivity contribution < 1.29 is 0 Å². The molecule has 0 amide bonds. The maximum atomic E-state index is 6.80. The summed E-state index contributed by atoms with van der Waals surface area (Å²) in [5.41, 5.74) is 0. The van der Waals surface area contributed by atoms with Crippen LogP contribution in [0.15, 0.2) is 0 Å². The minimum absolute atomic E-state index is 0.360. The van der Waals surface area contributed by atoms with Gasteiger partial charge in [0.25, 0.3) is 0 Å². The van der Waals surface area contributed by atoms with Crippen molar-refractivity contribution in [2.45, 2.75) is 39.5 Å². The minimum Gasteiger partial charge on any atom is -0.103 e. The molecule has 11 heavy (non-hydrogen) atoms. The first-order valence-corrected chi connectivity index (χ1v) is 4.23. The highest BCUT2D eigenvalue weighted by atomic mass is 14.0. The average Bonchev–Trinajstić information content (AvgIpc) is 2.03. The van der Waals surface area contributed by atoms with Crippen molar-refractivity contribution in [1.82, 2.24) is 0 Å². The third-order valence-corrected chi connectivity index (χ3v) is 1.52. The fraction of sp³-hybridized carbons (Fsp3) is 0.636. The molecule has 0 heteroatoms. The lowest BCUT2D eigenvalue weighted by molar-refractivity contribution is 0.670. The van der Waals surface area contributed by atoms with E-state index in [0.717, 1.165) is 19.3 Å². The summed E-state index contributed by atoms with van der Waals surface area (Å²) >= 11 is 0. The van der Waals surface area contributed by atoms with E-state index >= 15 is 0 Å². The van der Waals surface area contributed by atoms with E-state index in [9.17, 15) is 0 Å². The molecule has 0 aromatic heterocycles. The van der Waals surface area contributed by atoms with E-state index in [-0.39, 0.29) is 0 Å². The highest BCUT2D eigenvalue weighted by Crippen LogP contribution is 2.04. The van der Waals surface area contributed by atoms with Crippen LogP contribution in [0.2, 0.25) is 0 Å². The fourth-order valence-electron chi connectivity index (χ4n) is 0.762. The Labute approximate surface area is 70.4 Å². The second-order valence-corrected chi connectivity index (χ2v) is 2.56. The monoisotopic (exact) mass is 147 g/mol. The zero-order valence-corrected chi connectivity index (χ0v) is 7.41. The second kappa shape index (κ2) is 7.23. The van der Waals surface area contributed by atoms with Crippen LogP contribution < -0.4 is 0 Å². The van der Waals surface area contributed by atoms with E-state index in [1.165, 1.54) is 0 Å². The van der Waals surface area contributed by atoms with E-state index in [4.69, 9.17) is 6.42 Å². The predicted octanol–water partition coefficient (Wildman–Crippen LogP) is 2.80. The zero-order valence-electron chi connectivity index (χ0n) is 7.41. The van der Waals surface area contributed by atoms with E-state index < -0.39 is 0 Å². The van der Waals surface area contributed by atoms with Gasteiger partial charge >= 0.3 is 0 Å². The summed E-state index contributed by atoms with van der Waals surface area (Å²) in [5, 5.41) is 0. The van der Waals surface area contributed by atoms with Crippen LogP contribution in [0.25, 0.3) is 0 Å². The van der Waals surface area contributed by atoms with Gasteiger partial charge in [-0.05, 0) is 19.3 Å². The quantitative estimate of drug-likeness (QED) is 0.538. The van der Waals surface area contributed by atoms with Gasteiger partial charge in [-0.1, -0.05) is 25.7 Å². The highest BCUT2D eigenvalue weighted by molar-refractivity contribution is 5.05. The van der Waals surface area contributed by atoms with E-state index in [0.29, 0.717) is 12.3 Å². The zero-order chi connectivity index (χ0) is 8.53. The Kier molecular flexibility index (Phi) is 6.65. The lowest BCUT2D eigenvalue weighted by atomic mass is 10.0. The molecule has 1 unspecified atom stereocenters. The van der Waals surface area contributed by atoms with Gasteiger partial charge in [0.15, 0.2) is 0 Å². The lowest BCUT2D eigenvalue weighted by Gasteiger charge is -1.99. The van der Waals surface area contributed by atoms with Crippen LogP contribution in [-0.4, -0.2) is 0 Å². The Morgan fingerprint density at radius 2 is 2.09 bits per heavy atom. The summed E-state index contributed by atoms with van der Waals surface area (Å²) in [7, 11) is 0. The van der Waals surface area contributed by atoms with Crippen LogP contribution >= 0.6 is 0 Å². The van der Waals surface area contributed by atoms with Gasteiger partial charge in [-0.2, -0.15) is 0 Å². The van der Waals surface area contributed by atoms with E-state index in [2.05, 4.69) is 31.6 Å². The Hall–Kier alpha value is -0.880.